The third kappa shape index (κ3) is 3.14. The SMILES string of the molecule is CC(C)(C)[C@@]1(c2cc(F)ccc2OC2CCOC2)C[C@@H](O)CN1C(=O)O. The van der Waals surface area contributed by atoms with Gasteiger partial charge in [0.05, 0.1) is 31.4 Å². The number of benzene rings is 1. The summed E-state index contributed by atoms with van der Waals surface area (Å²) in [5.41, 5.74) is -1.24. The molecule has 0 aromatic heterocycles. The Kier molecular flexibility index (Phi) is 4.88. The summed E-state index contributed by atoms with van der Waals surface area (Å²) in [4.78, 5) is 13.2. The first-order valence-electron chi connectivity index (χ1n) is 8.88. The molecule has 26 heavy (non-hydrogen) atoms. The van der Waals surface area contributed by atoms with Gasteiger partial charge in [0.1, 0.15) is 17.7 Å². The number of ether oxygens (including phenoxy) is 2. The molecule has 3 atom stereocenters. The summed E-state index contributed by atoms with van der Waals surface area (Å²) >= 11 is 0. The topological polar surface area (TPSA) is 79.2 Å². The van der Waals surface area contributed by atoms with Gasteiger partial charge in [0.15, 0.2) is 0 Å². The van der Waals surface area contributed by atoms with Gasteiger partial charge in [0.2, 0.25) is 0 Å². The van der Waals surface area contributed by atoms with Gasteiger partial charge in [0.25, 0.3) is 0 Å². The van der Waals surface area contributed by atoms with Gasteiger partial charge in [-0.2, -0.15) is 0 Å². The van der Waals surface area contributed by atoms with Crippen molar-refractivity contribution in [3.8, 4) is 5.75 Å². The average Bonchev–Trinajstić information content (AvgIpc) is 3.16. The van der Waals surface area contributed by atoms with Gasteiger partial charge >= 0.3 is 6.09 Å². The largest absolute Gasteiger partial charge is 0.488 e. The number of carboxylic acid groups (broad SMARTS) is 1. The van der Waals surface area contributed by atoms with Crippen LogP contribution in [0.15, 0.2) is 18.2 Å². The van der Waals surface area contributed by atoms with Crippen LogP contribution < -0.4 is 4.74 Å². The number of carbonyl (C=O) groups is 1. The standard InChI is InChI=1S/C19H26FNO5/c1-18(2,3)19(9-13(22)10-21(19)17(23)24)15-8-12(20)4-5-16(15)26-14-6-7-25-11-14/h4-5,8,13-14,22H,6-7,9-11H2,1-3H3,(H,23,24)/t13-,14?,19+/m1/s1. The van der Waals surface area contributed by atoms with Crippen LogP contribution in [-0.2, 0) is 10.3 Å². The molecule has 144 valence electrons. The van der Waals surface area contributed by atoms with Crippen molar-refractivity contribution >= 4 is 6.09 Å². The van der Waals surface area contributed by atoms with E-state index in [2.05, 4.69) is 0 Å². The smallest absolute Gasteiger partial charge is 0.408 e. The Bertz CT molecular complexity index is 683. The van der Waals surface area contributed by atoms with Gasteiger partial charge in [-0.15, -0.1) is 0 Å². The molecule has 1 aromatic carbocycles. The van der Waals surface area contributed by atoms with E-state index in [4.69, 9.17) is 9.47 Å². The van der Waals surface area contributed by atoms with Crippen molar-refractivity contribution in [3.05, 3.63) is 29.6 Å². The van der Waals surface area contributed by atoms with Gasteiger partial charge in [0, 0.05) is 18.4 Å². The molecule has 0 aliphatic carbocycles. The second kappa shape index (κ2) is 6.70. The quantitative estimate of drug-likeness (QED) is 0.859. The molecular weight excluding hydrogens is 341 g/mol. The van der Waals surface area contributed by atoms with Crippen LogP contribution in [-0.4, -0.2) is 53.2 Å². The zero-order valence-electron chi connectivity index (χ0n) is 15.4. The number of nitrogens with zero attached hydrogens (tertiary/aromatic N) is 1. The van der Waals surface area contributed by atoms with E-state index in [9.17, 15) is 19.4 Å². The van der Waals surface area contributed by atoms with Crippen molar-refractivity contribution in [1.82, 2.24) is 4.90 Å². The molecular formula is C19H26FNO5. The Labute approximate surface area is 152 Å². The Morgan fingerprint density at radius 3 is 2.73 bits per heavy atom. The first kappa shape index (κ1) is 18.9. The van der Waals surface area contributed by atoms with E-state index in [1.54, 1.807) is 6.07 Å². The lowest BCUT2D eigenvalue weighted by molar-refractivity contribution is 0.0234. The van der Waals surface area contributed by atoms with E-state index in [-0.39, 0.29) is 19.1 Å². The van der Waals surface area contributed by atoms with Crippen LogP contribution in [0.25, 0.3) is 0 Å². The van der Waals surface area contributed by atoms with Gasteiger partial charge < -0.3 is 19.7 Å². The van der Waals surface area contributed by atoms with E-state index in [1.165, 1.54) is 17.0 Å². The summed E-state index contributed by atoms with van der Waals surface area (Å²) < 4.78 is 25.6. The Morgan fingerprint density at radius 2 is 2.15 bits per heavy atom. The molecule has 0 bridgehead atoms. The summed E-state index contributed by atoms with van der Waals surface area (Å²) in [7, 11) is 0. The molecule has 2 N–H and O–H groups in total. The van der Waals surface area contributed by atoms with E-state index in [1.807, 2.05) is 20.8 Å². The van der Waals surface area contributed by atoms with Crippen LogP contribution in [0.4, 0.5) is 9.18 Å². The highest BCUT2D eigenvalue weighted by molar-refractivity contribution is 5.68. The van der Waals surface area contributed by atoms with E-state index >= 15 is 0 Å². The second-order valence-electron chi connectivity index (χ2n) is 8.11. The fourth-order valence-electron chi connectivity index (χ4n) is 4.21. The van der Waals surface area contributed by atoms with Crippen LogP contribution in [0.5, 0.6) is 5.75 Å². The summed E-state index contributed by atoms with van der Waals surface area (Å²) in [6, 6.07) is 4.19. The lowest BCUT2D eigenvalue weighted by Gasteiger charge is -2.47. The third-order valence-corrected chi connectivity index (χ3v) is 5.43. The Morgan fingerprint density at radius 1 is 1.42 bits per heavy atom. The first-order chi connectivity index (χ1) is 12.1. The number of aliphatic hydroxyl groups excluding tert-OH is 1. The average molecular weight is 367 g/mol. The number of halogens is 1. The predicted octanol–water partition coefficient (Wildman–Crippen LogP) is 2.98. The minimum Gasteiger partial charge on any atom is -0.488 e. The molecule has 6 nitrogen and oxygen atoms in total. The molecule has 7 heteroatoms. The molecule has 2 heterocycles. The molecule has 1 aromatic rings. The first-order valence-corrected chi connectivity index (χ1v) is 8.88. The molecule has 1 amide bonds. The number of amides is 1. The highest BCUT2D eigenvalue weighted by Crippen LogP contribution is 2.54. The van der Waals surface area contributed by atoms with Crippen molar-refractivity contribution in [2.45, 2.75) is 51.4 Å². The number of likely N-dealkylation sites (tertiary alicyclic amines) is 1. The molecule has 0 radical (unpaired) electrons. The maximum absolute atomic E-state index is 14.2. The molecule has 2 aliphatic heterocycles. The Hall–Kier alpha value is -1.86. The molecule has 3 rings (SSSR count). The number of β-amino-alcohol motifs (C(OH)–C–C–N with tert-alkyl or cyclic N) is 1. The van der Waals surface area contributed by atoms with Crippen molar-refractivity contribution < 1.29 is 28.9 Å². The molecule has 0 saturated carbocycles. The molecule has 0 spiro atoms. The lowest BCUT2D eigenvalue weighted by Crippen LogP contribution is -2.53. The molecule has 2 aliphatic rings. The fraction of sp³-hybridized carbons (Fsp3) is 0.632. The van der Waals surface area contributed by atoms with Crippen LogP contribution >= 0.6 is 0 Å². The zero-order valence-corrected chi connectivity index (χ0v) is 15.4. The number of rotatable bonds is 3. The lowest BCUT2D eigenvalue weighted by atomic mass is 9.67. The number of aliphatic hydroxyl groups is 1. The van der Waals surface area contributed by atoms with Crippen LogP contribution in [0.1, 0.15) is 39.2 Å². The minimum absolute atomic E-state index is 0.0188. The van der Waals surface area contributed by atoms with Gasteiger partial charge in [-0.05, 0) is 23.6 Å². The summed E-state index contributed by atoms with van der Waals surface area (Å²) in [5.74, 6) is -0.0254. The van der Waals surface area contributed by atoms with Gasteiger partial charge in [-0.25, -0.2) is 9.18 Å². The third-order valence-electron chi connectivity index (χ3n) is 5.43. The normalized spacial score (nSPS) is 29.2. The summed E-state index contributed by atoms with van der Waals surface area (Å²) in [5, 5.41) is 20.1. The van der Waals surface area contributed by atoms with Crippen LogP contribution in [0.2, 0.25) is 0 Å². The minimum atomic E-state index is -1.14. The summed E-state index contributed by atoms with van der Waals surface area (Å²) in [6.07, 6.45) is -1.21. The van der Waals surface area contributed by atoms with Crippen molar-refractivity contribution in [3.63, 3.8) is 0 Å². The van der Waals surface area contributed by atoms with Crippen molar-refractivity contribution in [2.75, 3.05) is 19.8 Å². The number of hydrogen-bond acceptors (Lipinski definition) is 4. The Balaban J connectivity index is 2.15. The molecule has 1 unspecified atom stereocenters. The second-order valence-corrected chi connectivity index (χ2v) is 8.11. The molecule has 2 saturated heterocycles. The van der Waals surface area contributed by atoms with Crippen molar-refractivity contribution in [1.29, 1.82) is 0 Å². The maximum atomic E-state index is 14.2. The maximum Gasteiger partial charge on any atom is 0.408 e. The van der Waals surface area contributed by atoms with E-state index in [0.29, 0.717) is 24.5 Å². The highest BCUT2D eigenvalue weighted by Gasteiger charge is 2.57. The van der Waals surface area contributed by atoms with Crippen LogP contribution in [0.3, 0.4) is 0 Å². The predicted molar refractivity (Wildman–Crippen MR) is 92.7 cm³/mol. The molecule has 2 fully saturated rings. The summed E-state index contributed by atoms with van der Waals surface area (Å²) in [6.45, 7) is 6.72. The van der Waals surface area contributed by atoms with Gasteiger partial charge in [-0.1, -0.05) is 20.8 Å². The highest BCUT2D eigenvalue weighted by atomic mass is 19.1. The number of hydrogen-bond donors (Lipinski definition) is 2. The van der Waals surface area contributed by atoms with Crippen LogP contribution in [0, 0.1) is 11.2 Å². The van der Waals surface area contributed by atoms with Gasteiger partial charge in [-0.3, -0.25) is 4.90 Å². The van der Waals surface area contributed by atoms with Crippen molar-refractivity contribution in [2.24, 2.45) is 5.41 Å². The van der Waals surface area contributed by atoms with E-state index in [0.717, 1.165) is 6.42 Å². The monoisotopic (exact) mass is 367 g/mol. The van der Waals surface area contributed by atoms with E-state index < -0.39 is 29.0 Å². The fourth-order valence-corrected chi connectivity index (χ4v) is 4.21. The zero-order chi connectivity index (χ0) is 19.1.